The second-order valence-electron chi connectivity index (χ2n) is 4.67. The van der Waals surface area contributed by atoms with Gasteiger partial charge in [0.2, 0.25) is 0 Å². The van der Waals surface area contributed by atoms with Crippen molar-refractivity contribution in [2.45, 2.75) is 25.9 Å². The topological polar surface area (TPSA) is 42.1 Å². The van der Waals surface area contributed by atoms with Gasteiger partial charge in [0.05, 0.1) is 6.04 Å². The van der Waals surface area contributed by atoms with Crippen molar-refractivity contribution in [3.8, 4) is 0 Å². The van der Waals surface area contributed by atoms with E-state index in [0.717, 1.165) is 15.0 Å². The highest BCUT2D eigenvalue weighted by atomic mass is 35.5. The van der Waals surface area contributed by atoms with Gasteiger partial charge in [0, 0.05) is 29.2 Å². The van der Waals surface area contributed by atoms with E-state index >= 15 is 0 Å². The molecule has 0 aliphatic carbocycles. The Kier molecular flexibility index (Phi) is 4.45. The molecule has 0 fully saturated rings. The molecule has 0 amide bonds. The van der Waals surface area contributed by atoms with Crippen molar-refractivity contribution in [1.82, 2.24) is 4.98 Å². The van der Waals surface area contributed by atoms with Gasteiger partial charge in [-0.05, 0) is 31.5 Å². The molecule has 19 heavy (non-hydrogen) atoms. The van der Waals surface area contributed by atoms with Gasteiger partial charge in [0.1, 0.15) is 0 Å². The molecule has 1 aromatic carbocycles. The third-order valence-electron chi connectivity index (χ3n) is 3.20. The molecule has 5 heteroatoms. The molecule has 1 heterocycles. The van der Waals surface area contributed by atoms with Crippen molar-refractivity contribution in [2.75, 3.05) is 11.9 Å². The summed E-state index contributed by atoms with van der Waals surface area (Å²) in [6.07, 6.45) is 1.86. The maximum Gasteiger partial charge on any atom is 0.185 e. The van der Waals surface area contributed by atoms with Crippen LogP contribution in [0.3, 0.4) is 0 Å². The molecule has 2 atom stereocenters. The molecule has 0 saturated heterocycles. The Labute approximate surface area is 123 Å². The third kappa shape index (κ3) is 3.26. The van der Waals surface area contributed by atoms with E-state index in [9.17, 15) is 0 Å². The molecule has 0 saturated carbocycles. The molecule has 0 aliphatic rings. The van der Waals surface area contributed by atoms with E-state index in [0.29, 0.717) is 0 Å². The molecule has 0 bridgehead atoms. The molecule has 2 unspecified atom stereocenters. The van der Waals surface area contributed by atoms with E-state index < -0.39 is 0 Å². The first kappa shape index (κ1) is 14.3. The quantitative estimate of drug-likeness (QED) is 0.926. The van der Waals surface area contributed by atoms with Gasteiger partial charge in [-0.2, -0.15) is 0 Å². The van der Waals surface area contributed by atoms with Gasteiger partial charge in [0.25, 0.3) is 0 Å². The van der Waals surface area contributed by atoms with Crippen molar-refractivity contribution in [3.05, 3.63) is 45.9 Å². The van der Waals surface area contributed by atoms with E-state index in [-0.39, 0.29) is 12.1 Å². The fourth-order valence-corrected chi connectivity index (χ4v) is 2.82. The summed E-state index contributed by atoms with van der Waals surface area (Å²) in [6.45, 7) is 4.12. The number of nitrogens with two attached hydrogens (primary N) is 1. The number of aromatic nitrogens is 1. The fraction of sp³-hybridized carbons (Fsp3) is 0.357. The van der Waals surface area contributed by atoms with Crippen molar-refractivity contribution in [3.63, 3.8) is 0 Å². The van der Waals surface area contributed by atoms with E-state index in [2.05, 4.69) is 16.8 Å². The molecule has 102 valence electrons. The highest BCUT2D eigenvalue weighted by Gasteiger charge is 2.16. The van der Waals surface area contributed by atoms with Gasteiger partial charge in [0.15, 0.2) is 5.13 Å². The summed E-state index contributed by atoms with van der Waals surface area (Å²) in [5.74, 6) is 0. The Balaban J connectivity index is 2.17. The van der Waals surface area contributed by atoms with E-state index in [1.807, 2.05) is 44.4 Å². The average Bonchev–Trinajstić information content (AvgIpc) is 2.87. The molecule has 2 N–H and O–H groups in total. The lowest BCUT2D eigenvalue weighted by Gasteiger charge is -2.24. The minimum atomic E-state index is 0.0329. The summed E-state index contributed by atoms with van der Waals surface area (Å²) in [4.78, 5) is 7.69. The summed E-state index contributed by atoms with van der Waals surface area (Å²) < 4.78 is 0. The van der Waals surface area contributed by atoms with Crippen LogP contribution in [-0.2, 0) is 0 Å². The second-order valence-corrected chi connectivity index (χ2v) is 6.15. The first-order valence-corrected chi connectivity index (χ1v) is 7.38. The lowest BCUT2D eigenvalue weighted by Crippen LogP contribution is -2.21. The Morgan fingerprint density at radius 3 is 2.42 bits per heavy atom. The number of thiazole rings is 1. The molecule has 0 aliphatic heterocycles. The maximum atomic E-state index is 5.91. The van der Waals surface area contributed by atoms with Crippen LogP contribution in [0.1, 0.15) is 36.4 Å². The molecule has 0 spiro atoms. The van der Waals surface area contributed by atoms with Crippen LogP contribution in [0.2, 0.25) is 5.02 Å². The van der Waals surface area contributed by atoms with E-state index in [1.54, 1.807) is 11.3 Å². The van der Waals surface area contributed by atoms with Crippen LogP contribution in [0.15, 0.2) is 30.5 Å². The summed E-state index contributed by atoms with van der Waals surface area (Å²) in [6, 6.07) is 8.19. The lowest BCUT2D eigenvalue weighted by atomic mass is 10.1. The van der Waals surface area contributed by atoms with Gasteiger partial charge in [-0.15, -0.1) is 11.3 Å². The monoisotopic (exact) mass is 295 g/mol. The number of halogens is 1. The van der Waals surface area contributed by atoms with Gasteiger partial charge in [-0.25, -0.2) is 4.98 Å². The summed E-state index contributed by atoms with van der Waals surface area (Å²) in [5.41, 5.74) is 7.08. The Bertz CT molecular complexity index is 536. The summed E-state index contributed by atoms with van der Waals surface area (Å²) in [7, 11) is 2.04. The van der Waals surface area contributed by atoms with Crippen LogP contribution >= 0.6 is 22.9 Å². The zero-order valence-corrected chi connectivity index (χ0v) is 12.9. The Morgan fingerprint density at radius 1 is 1.26 bits per heavy atom. The number of nitrogens with zero attached hydrogens (tertiary/aromatic N) is 2. The van der Waals surface area contributed by atoms with Crippen molar-refractivity contribution in [2.24, 2.45) is 5.73 Å². The number of benzene rings is 1. The number of hydrogen-bond donors (Lipinski definition) is 1. The predicted octanol–water partition coefficient (Wildman–Crippen LogP) is 4.01. The minimum Gasteiger partial charge on any atom is -0.344 e. The van der Waals surface area contributed by atoms with Crippen molar-refractivity contribution >= 4 is 28.1 Å². The highest BCUT2D eigenvalue weighted by Crippen LogP contribution is 2.31. The van der Waals surface area contributed by atoms with Crippen LogP contribution in [-0.4, -0.2) is 12.0 Å². The minimum absolute atomic E-state index is 0.0329. The zero-order valence-electron chi connectivity index (χ0n) is 11.3. The van der Waals surface area contributed by atoms with E-state index in [4.69, 9.17) is 17.3 Å². The molecule has 3 nitrogen and oxygen atoms in total. The van der Waals surface area contributed by atoms with Crippen LogP contribution in [0.5, 0.6) is 0 Å². The number of anilines is 1. The number of hydrogen-bond acceptors (Lipinski definition) is 4. The normalized spacial score (nSPS) is 14.2. The van der Waals surface area contributed by atoms with E-state index in [1.165, 1.54) is 5.56 Å². The molecular weight excluding hydrogens is 278 g/mol. The fourth-order valence-electron chi connectivity index (χ4n) is 1.78. The third-order valence-corrected chi connectivity index (χ3v) is 4.74. The highest BCUT2D eigenvalue weighted by molar-refractivity contribution is 7.15. The van der Waals surface area contributed by atoms with Gasteiger partial charge in [-0.1, -0.05) is 23.7 Å². The largest absolute Gasteiger partial charge is 0.344 e. The van der Waals surface area contributed by atoms with Gasteiger partial charge in [-0.3, -0.25) is 0 Å². The van der Waals surface area contributed by atoms with Crippen LogP contribution in [0, 0.1) is 0 Å². The molecule has 2 rings (SSSR count). The average molecular weight is 296 g/mol. The smallest absolute Gasteiger partial charge is 0.185 e. The van der Waals surface area contributed by atoms with Crippen LogP contribution in [0.25, 0.3) is 0 Å². The molecule has 0 radical (unpaired) electrons. The van der Waals surface area contributed by atoms with Gasteiger partial charge >= 0.3 is 0 Å². The van der Waals surface area contributed by atoms with Crippen molar-refractivity contribution in [1.29, 1.82) is 0 Å². The summed E-state index contributed by atoms with van der Waals surface area (Å²) in [5, 5.41) is 1.74. The Hall–Kier alpha value is -1.10. The summed E-state index contributed by atoms with van der Waals surface area (Å²) >= 11 is 7.55. The first-order chi connectivity index (χ1) is 8.99. The zero-order chi connectivity index (χ0) is 14.0. The molecular formula is C14H18ClN3S. The molecule has 2 aromatic rings. The lowest BCUT2D eigenvalue weighted by molar-refractivity contribution is 0.737. The second kappa shape index (κ2) is 5.90. The standard InChI is InChI=1S/C14H18ClN3S/c1-9(16)13-8-17-14(19-13)18(3)10(2)11-4-6-12(15)7-5-11/h4-10H,16H2,1-3H3. The number of rotatable bonds is 4. The van der Waals surface area contributed by atoms with Crippen molar-refractivity contribution < 1.29 is 0 Å². The van der Waals surface area contributed by atoms with Crippen LogP contribution in [0.4, 0.5) is 5.13 Å². The predicted molar refractivity (Wildman–Crippen MR) is 83.0 cm³/mol. The first-order valence-electron chi connectivity index (χ1n) is 6.18. The maximum absolute atomic E-state index is 5.91. The Morgan fingerprint density at radius 2 is 1.89 bits per heavy atom. The van der Waals surface area contributed by atoms with Gasteiger partial charge < -0.3 is 10.6 Å². The van der Waals surface area contributed by atoms with Crippen LogP contribution < -0.4 is 10.6 Å². The molecule has 1 aromatic heterocycles. The SMILES string of the molecule is CC(N)c1cnc(N(C)C(C)c2ccc(Cl)cc2)s1.